The highest BCUT2D eigenvalue weighted by atomic mass is 19.1. The Kier molecular flexibility index (Phi) is 2.76. The zero-order chi connectivity index (χ0) is 10.9. The molecule has 15 heavy (non-hydrogen) atoms. The summed E-state index contributed by atoms with van der Waals surface area (Å²) in [5, 5.41) is 10.4. The first-order valence-electron chi connectivity index (χ1n) is 5.19. The van der Waals surface area contributed by atoms with Crippen molar-refractivity contribution >= 4 is 0 Å². The van der Waals surface area contributed by atoms with Gasteiger partial charge < -0.3 is 9.84 Å². The van der Waals surface area contributed by atoms with Crippen molar-refractivity contribution in [1.82, 2.24) is 0 Å². The largest absolute Gasteiger partial charge is 0.383 e. The van der Waals surface area contributed by atoms with E-state index in [2.05, 4.69) is 0 Å². The summed E-state index contributed by atoms with van der Waals surface area (Å²) >= 11 is 0. The van der Waals surface area contributed by atoms with Gasteiger partial charge in [-0.1, -0.05) is 6.07 Å². The third kappa shape index (κ3) is 2.03. The SMILES string of the molecule is Cc1cc(F)ccc1C1(O)CCCOC1. The van der Waals surface area contributed by atoms with Crippen LogP contribution >= 0.6 is 0 Å². The smallest absolute Gasteiger partial charge is 0.123 e. The molecular formula is C12H15FO2. The summed E-state index contributed by atoms with van der Waals surface area (Å²) in [7, 11) is 0. The van der Waals surface area contributed by atoms with Crippen molar-refractivity contribution < 1.29 is 14.2 Å². The maximum Gasteiger partial charge on any atom is 0.123 e. The number of halogens is 1. The standard InChI is InChI=1S/C12H15FO2/c1-9-7-10(13)3-4-11(9)12(14)5-2-6-15-8-12/h3-4,7,14H,2,5-6,8H2,1H3. The number of aliphatic hydroxyl groups is 1. The van der Waals surface area contributed by atoms with Gasteiger partial charge in [0.2, 0.25) is 0 Å². The first-order chi connectivity index (χ1) is 7.12. The summed E-state index contributed by atoms with van der Waals surface area (Å²) in [6.07, 6.45) is 1.52. The molecule has 1 saturated heterocycles. The van der Waals surface area contributed by atoms with Crippen molar-refractivity contribution in [1.29, 1.82) is 0 Å². The van der Waals surface area contributed by atoms with E-state index in [4.69, 9.17) is 4.74 Å². The molecule has 0 amide bonds. The monoisotopic (exact) mass is 210 g/mol. The maximum absolute atomic E-state index is 12.9. The van der Waals surface area contributed by atoms with Crippen LogP contribution in [0.1, 0.15) is 24.0 Å². The lowest BCUT2D eigenvalue weighted by molar-refractivity contribution is -0.0906. The molecule has 1 unspecified atom stereocenters. The second-order valence-electron chi connectivity index (χ2n) is 4.15. The minimum atomic E-state index is -0.934. The topological polar surface area (TPSA) is 29.5 Å². The van der Waals surface area contributed by atoms with E-state index in [9.17, 15) is 9.50 Å². The van der Waals surface area contributed by atoms with E-state index >= 15 is 0 Å². The number of hydrogen-bond donors (Lipinski definition) is 1. The van der Waals surface area contributed by atoms with Gasteiger partial charge in [-0.3, -0.25) is 0 Å². The molecule has 1 aromatic rings. The van der Waals surface area contributed by atoms with Crippen LogP contribution in [0.2, 0.25) is 0 Å². The third-order valence-electron chi connectivity index (χ3n) is 2.91. The minimum absolute atomic E-state index is 0.267. The fourth-order valence-electron chi connectivity index (χ4n) is 2.14. The lowest BCUT2D eigenvalue weighted by Crippen LogP contribution is -2.36. The van der Waals surface area contributed by atoms with Gasteiger partial charge in [0.15, 0.2) is 0 Å². The second kappa shape index (κ2) is 3.91. The van der Waals surface area contributed by atoms with Crippen molar-refractivity contribution in [2.75, 3.05) is 13.2 Å². The van der Waals surface area contributed by atoms with Crippen LogP contribution in [-0.2, 0) is 10.3 Å². The van der Waals surface area contributed by atoms with Gasteiger partial charge in [0.05, 0.1) is 6.61 Å². The molecule has 0 aliphatic carbocycles. The molecule has 0 aromatic heterocycles. The van der Waals surface area contributed by atoms with Gasteiger partial charge in [0, 0.05) is 6.61 Å². The van der Waals surface area contributed by atoms with Crippen molar-refractivity contribution in [2.24, 2.45) is 0 Å². The normalized spacial score (nSPS) is 26.6. The first kappa shape index (κ1) is 10.6. The quantitative estimate of drug-likeness (QED) is 0.769. The van der Waals surface area contributed by atoms with Gasteiger partial charge in [-0.05, 0) is 43.0 Å². The molecule has 0 saturated carbocycles. The molecule has 3 heteroatoms. The Bertz CT molecular complexity index is 357. The average Bonchev–Trinajstić information content (AvgIpc) is 2.18. The van der Waals surface area contributed by atoms with Crippen molar-refractivity contribution in [3.63, 3.8) is 0 Å². The molecule has 1 aliphatic heterocycles. The summed E-state index contributed by atoms with van der Waals surface area (Å²) in [5.41, 5.74) is 0.627. The van der Waals surface area contributed by atoms with E-state index in [1.807, 2.05) is 6.92 Å². The highest BCUT2D eigenvalue weighted by molar-refractivity contribution is 5.32. The molecule has 1 aliphatic rings. The highest BCUT2D eigenvalue weighted by Gasteiger charge is 2.33. The van der Waals surface area contributed by atoms with E-state index in [1.165, 1.54) is 12.1 Å². The van der Waals surface area contributed by atoms with Crippen LogP contribution in [0.25, 0.3) is 0 Å². The Hall–Kier alpha value is -0.930. The Morgan fingerprint density at radius 2 is 2.27 bits per heavy atom. The Balaban J connectivity index is 2.35. The van der Waals surface area contributed by atoms with Gasteiger partial charge in [-0.25, -0.2) is 4.39 Å². The van der Waals surface area contributed by atoms with Crippen molar-refractivity contribution in [3.8, 4) is 0 Å². The molecule has 2 nitrogen and oxygen atoms in total. The average molecular weight is 210 g/mol. The van der Waals surface area contributed by atoms with E-state index in [1.54, 1.807) is 6.07 Å². The lowest BCUT2D eigenvalue weighted by Gasteiger charge is -2.33. The van der Waals surface area contributed by atoms with E-state index in [0.717, 1.165) is 17.5 Å². The fraction of sp³-hybridized carbons (Fsp3) is 0.500. The van der Waals surface area contributed by atoms with Gasteiger partial charge in [0.25, 0.3) is 0 Å². The summed E-state index contributed by atoms with van der Waals surface area (Å²) in [4.78, 5) is 0. The first-order valence-corrected chi connectivity index (χ1v) is 5.19. The molecular weight excluding hydrogens is 195 g/mol. The van der Waals surface area contributed by atoms with Gasteiger partial charge in [-0.15, -0.1) is 0 Å². The number of ether oxygens (including phenoxy) is 1. The maximum atomic E-state index is 12.9. The summed E-state index contributed by atoms with van der Waals surface area (Å²) < 4.78 is 18.2. The zero-order valence-corrected chi connectivity index (χ0v) is 8.79. The predicted octanol–water partition coefficient (Wildman–Crippen LogP) is 2.13. The predicted molar refractivity (Wildman–Crippen MR) is 55.1 cm³/mol. The van der Waals surface area contributed by atoms with Gasteiger partial charge in [0.1, 0.15) is 11.4 Å². The van der Waals surface area contributed by atoms with Crippen molar-refractivity contribution in [3.05, 3.63) is 35.1 Å². The molecule has 2 rings (SSSR count). The van der Waals surface area contributed by atoms with Gasteiger partial charge in [-0.2, -0.15) is 0 Å². The van der Waals surface area contributed by atoms with Crippen LogP contribution in [0.15, 0.2) is 18.2 Å². The van der Waals surface area contributed by atoms with Crippen LogP contribution in [0.4, 0.5) is 4.39 Å². The Morgan fingerprint density at radius 3 is 2.87 bits per heavy atom. The van der Waals surface area contributed by atoms with E-state index in [0.29, 0.717) is 19.6 Å². The highest BCUT2D eigenvalue weighted by Crippen LogP contribution is 2.32. The van der Waals surface area contributed by atoms with Crippen molar-refractivity contribution in [2.45, 2.75) is 25.4 Å². The molecule has 1 N–H and O–H groups in total. The Morgan fingerprint density at radius 1 is 1.47 bits per heavy atom. The van der Waals surface area contributed by atoms with Crippen LogP contribution in [0.5, 0.6) is 0 Å². The van der Waals surface area contributed by atoms with Crippen LogP contribution < -0.4 is 0 Å². The molecule has 1 aromatic carbocycles. The molecule has 1 heterocycles. The molecule has 1 atom stereocenters. The number of hydrogen-bond acceptors (Lipinski definition) is 2. The van der Waals surface area contributed by atoms with Crippen LogP contribution in [0.3, 0.4) is 0 Å². The van der Waals surface area contributed by atoms with E-state index < -0.39 is 5.60 Å². The molecule has 0 radical (unpaired) electrons. The fourth-order valence-corrected chi connectivity index (χ4v) is 2.14. The summed E-state index contributed by atoms with van der Waals surface area (Å²) in [6, 6.07) is 4.48. The number of aryl methyl sites for hydroxylation is 1. The van der Waals surface area contributed by atoms with Crippen LogP contribution in [-0.4, -0.2) is 18.3 Å². The third-order valence-corrected chi connectivity index (χ3v) is 2.91. The number of rotatable bonds is 1. The molecule has 0 spiro atoms. The zero-order valence-electron chi connectivity index (χ0n) is 8.79. The van der Waals surface area contributed by atoms with Crippen LogP contribution in [0, 0.1) is 12.7 Å². The lowest BCUT2D eigenvalue weighted by atomic mass is 9.86. The molecule has 82 valence electrons. The molecule has 1 fully saturated rings. The summed E-state index contributed by atoms with van der Waals surface area (Å²) in [5.74, 6) is -0.267. The minimum Gasteiger partial charge on any atom is -0.383 e. The summed E-state index contributed by atoms with van der Waals surface area (Å²) in [6.45, 7) is 2.81. The Labute approximate surface area is 88.7 Å². The number of benzene rings is 1. The second-order valence-corrected chi connectivity index (χ2v) is 4.15. The van der Waals surface area contributed by atoms with Gasteiger partial charge >= 0.3 is 0 Å². The molecule has 0 bridgehead atoms. The van der Waals surface area contributed by atoms with E-state index in [-0.39, 0.29) is 5.82 Å².